The van der Waals surface area contributed by atoms with Crippen LogP contribution in [0.5, 0.6) is 0 Å². The monoisotopic (exact) mass is 187 g/mol. The Morgan fingerprint density at radius 1 is 1.08 bits per heavy atom. The standard InChI is InChI=1S/C8H19N3.C2H6/c1-8(2)7-10-3-5-11(9)6-4-10;1-2/h8H,3-7,9H2,1-2H3;1-2H3. The number of rotatable bonds is 2. The Morgan fingerprint density at radius 3 is 1.92 bits per heavy atom. The summed E-state index contributed by atoms with van der Waals surface area (Å²) in [6, 6.07) is 0. The van der Waals surface area contributed by atoms with Crippen LogP contribution in [0.25, 0.3) is 0 Å². The van der Waals surface area contributed by atoms with Gasteiger partial charge in [-0.25, -0.2) is 5.01 Å². The molecule has 80 valence electrons. The van der Waals surface area contributed by atoms with Gasteiger partial charge in [0.15, 0.2) is 0 Å². The van der Waals surface area contributed by atoms with Crippen molar-refractivity contribution in [3.63, 3.8) is 0 Å². The minimum absolute atomic E-state index is 0.777. The van der Waals surface area contributed by atoms with Crippen LogP contribution in [-0.4, -0.2) is 42.6 Å². The van der Waals surface area contributed by atoms with E-state index in [4.69, 9.17) is 5.84 Å². The molecule has 0 amide bonds. The van der Waals surface area contributed by atoms with Crippen LogP contribution in [0.4, 0.5) is 0 Å². The topological polar surface area (TPSA) is 32.5 Å². The molecule has 0 bridgehead atoms. The third kappa shape index (κ3) is 6.02. The SMILES string of the molecule is CC.CC(C)CN1CCN(N)CC1. The lowest BCUT2D eigenvalue weighted by atomic mass is 10.2. The van der Waals surface area contributed by atoms with E-state index in [9.17, 15) is 0 Å². The molecular formula is C10H25N3. The first-order valence-electron chi connectivity index (χ1n) is 5.40. The number of piperazine rings is 1. The molecule has 3 heteroatoms. The number of hydrogen-bond donors (Lipinski definition) is 1. The summed E-state index contributed by atoms with van der Waals surface area (Å²) in [6.45, 7) is 14.0. The Bertz CT molecular complexity index is 107. The average Bonchev–Trinajstić information content (AvgIpc) is 2.12. The Kier molecular flexibility index (Phi) is 7.23. The minimum atomic E-state index is 0.777. The van der Waals surface area contributed by atoms with E-state index in [0.29, 0.717) is 0 Å². The van der Waals surface area contributed by atoms with Crippen LogP contribution in [0, 0.1) is 5.92 Å². The molecule has 1 aliphatic heterocycles. The van der Waals surface area contributed by atoms with Gasteiger partial charge in [0.1, 0.15) is 0 Å². The molecule has 1 fully saturated rings. The van der Waals surface area contributed by atoms with Crippen molar-refractivity contribution in [3.05, 3.63) is 0 Å². The van der Waals surface area contributed by atoms with E-state index in [-0.39, 0.29) is 0 Å². The predicted molar refractivity (Wildman–Crippen MR) is 58.4 cm³/mol. The maximum atomic E-state index is 5.63. The molecule has 1 heterocycles. The van der Waals surface area contributed by atoms with E-state index in [1.807, 2.05) is 18.9 Å². The van der Waals surface area contributed by atoms with Crippen LogP contribution in [0.3, 0.4) is 0 Å². The maximum Gasteiger partial charge on any atom is 0.0257 e. The van der Waals surface area contributed by atoms with Crippen molar-refractivity contribution in [1.82, 2.24) is 9.91 Å². The summed E-state index contributed by atoms with van der Waals surface area (Å²) in [5, 5.41) is 1.90. The summed E-state index contributed by atoms with van der Waals surface area (Å²) >= 11 is 0. The fourth-order valence-electron chi connectivity index (χ4n) is 1.46. The van der Waals surface area contributed by atoms with Crippen molar-refractivity contribution in [1.29, 1.82) is 0 Å². The van der Waals surface area contributed by atoms with E-state index in [1.54, 1.807) is 0 Å². The summed E-state index contributed by atoms with van der Waals surface area (Å²) in [6.07, 6.45) is 0. The van der Waals surface area contributed by atoms with E-state index in [0.717, 1.165) is 32.1 Å². The molecule has 0 saturated carbocycles. The van der Waals surface area contributed by atoms with Crippen molar-refractivity contribution in [2.24, 2.45) is 11.8 Å². The predicted octanol–water partition coefficient (Wildman–Crippen LogP) is 1.16. The number of hydrazine groups is 1. The molecule has 1 aliphatic rings. The first-order valence-corrected chi connectivity index (χ1v) is 5.40. The fraction of sp³-hybridized carbons (Fsp3) is 1.00. The molecule has 0 aromatic heterocycles. The quantitative estimate of drug-likeness (QED) is 0.658. The lowest BCUT2D eigenvalue weighted by Crippen LogP contribution is -2.50. The average molecular weight is 187 g/mol. The minimum Gasteiger partial charge on any atom is -0.300 e. The van der Waals surface area contributed by atoms with Crippen LogP contribution >= 0.6 is 0 Å². The van der Waals surface area contributed by atoms with Gasteiger partial charge in [0.2, 0.25) is 0 Å². The van der Waals surface area contributed by atoms with Gasteiger partial charge in [0.25, 0.3) is 0 Å². The van der Waals surface area contributed by atoms with Crippen molar-refractivity contribution >= 4 is 0 Å². The smallest absolute Gasteiger partial charge is 0.0257 e. The van der Waals surface area contributed by atoms with Crippen LogP contribution in [0.1, 0.15) is 27.7 Å². The second-order valence-electron chi connectivity index (χ2n) is 3.73. The van der Waals surface area contributed by atoms with Crippen molar-refractivity contribution < 1.29 is 0 Å². The highest BCUT2D eigenvalue weighted by Crippen LogP contribution is 2.01. The van der Waals surface area contributed by atoms with Crippen LogP contribution in [0.15, 0.2) is 0 Å². The zero-order valence-corrected chi connectivity index (χ0v) is 9.58. The Balaban J connectivity index is 0.000000671. The van der Waals surface area contributed by atoms with Gasteiger partial charge in [-0.1, -0.05) is 27.7 Å². The Labute approximate surface area is 82.9 Å². The molecule has 0 unspecified atom stereocenters. The summed E-state index contributed by atoms with van der Waals surface area (Å²) in [5.41, 5.74) is 0. The van der Waals surface area contributed by atoms with Gasteiger partial charge in [-0.2, -0.15) is 0 Å². The molecule has 0 spiro atoms. The summed E-state index contributed by atoms with van der Waals surface area (Å²) < 4.78 is 0. The molecule has 0 atom stereocenters. The molecular weight excluding hydrogens is 162 g/mol. The molecule has 1 saturated heterocycles. The molecule has 2 N–H and O–H groups in total. The first-order chi connectivity index (χ1) is 6.18. The highest BCUT2D eigenvalue weighted by Gasteiger charge is 2.14. The van der Waals surface area contributed by atoms with Gasteiger partial charge < -0.3 is 4.90 Å². The van der Waals surface area contributed by atoms with Crippen LogP contribution in [-0.2, 0) is 0 Å². The Hall–Kier alpha value is -0.120. The molecule has 3 nitrogen and oxygen atoms in total. The third-order valence-electron chi connectivity index (χ3n) is 2.03. The van der Waals surface area contributed by atoms with Gasteiger partial charge in [0.05, 0.1) is 0 Å². The first kappa shape index (κ1) is 12.9. The van der Waals surface area contributed by atoms with Crippen LogP contribution < -0.4 is 5.84 Å². The molecule has 1 rings (SSSR count). The zero-order valence-electron chi connectivity index (χ0n) is 9.58. The van der Waals surface area contributed by atoms with Gasteiger partial charge >= 0.3 is 0 Å². The van der Waals surface area contributed by atoms with E-state index < -0.39 is 0 Å². The zero-order chi connectivity index (χ0) is 10.3. The van der Waals surface area contributed by atoms with Gasteiger partial charge in [-0.3, -0.25) is 5.84 Å². The van der Waals surface area contributed by atoms with E-state index >= 15 is 0 Å². The highest BCUT2D eigenvalue weighted by molar-refractivity contribution is 4.68. The summed E-state index contributed by atoms with van der Waals surface area (Å²) in [4.78, 5) is 2.48. The molecule has 0 aromatic rings. The summed E-state index contributed by atoms with van der Waals surface area (Å²) in [5.74, 6) is 6.41. The highest BCUT2D eigenvalue weighted by atomic mass is 15.4. The largest absolute Gasteiger partial charge is 0.300 e. The van der Waals surface area contributed by atoms with Crippen molar-refractivity contribution in [2.75, 3.05) is 32.7 Å². The maximum absolute atomic E-state index is 5.63. The van der Waals surface area contributed by atoms with Crippen LogP contribution in [0.2, 0.25) is 0 Å². The third-order valence-corrected chi connectivity index (χ3v) is 2.03. The second kappa shape index (κ2) is 7.30. The molecule has 13 heavy (non-hydrogen) atoms. The lowest BCUT2D eigenvalue weighted by Gasteiger charge is -2.32. The number of nitrogens with zero attached hydrogens (tertiary/aromatic N) is 2. The molecule has 0 aromatic carbocycles. The normalized spacial score (nSPS) is 19.8. The Morgan fingerprint density at radius 2 is 1.54 bits per heavy atom. The number of nitrogens with two attached hydrogens (primary N) is 1. The van der Waals surface area contributed by atoms with Crippen molar-refractivity contribution in [2.45, 2.75) is 27.7 Å². The summed E-state index contributed by atoms with van der Waals surface area (Å²) in [7, 11) is 0. The number of hydrogen-bond acceptors (Lipinski definition) is 3. The van der Waals surface area contributed by atoms with Crippen molar-refractivity contribution in [3.8, 4) is 0 Å². The van der Waals surface area contributed by atoms with Gasteiger partial charge in [0, 0.05) is 32.7 Å². The van der Waals surface area contributed by atoms with E-state index in [1.165, 1.54) is 6.54 Å². The molecule has 0 aliphatic carbocycles. The second-order valence-corrected chi connectivity index (χ2v) is 3.73. The fourth-order valence-corrected chi connectivity index (χ4v) is 1.46. The van der Waals surface area contributed by atoms with Gasteiger partial charge in [-0.05, 0) is 5.92 Å². The van der Waals surface area contributed by atoms with E-state index in [2.05, 4.69) is 18.7 Å². The molecule has 0 radical (unpaired) electrons. The lowest BCUT2D eigenvalue weighted by molar-refractivity contribution is 0.123. The van der Waals surface area contributed by atoms with Gasteiger partial charge in [-0.15, -0.1) is 0 Å².